The van der Waals surface area contributed by atoms with Crippen molar-refractivity contribution in [2.24, 2.45) is 0 Å². The SMILES string of the molecule is CCNC(c1ncccc1C)c1c(C)cc(C)cc1OC. The first-order chi connectivity index (χ1) is 10.1. The van der Waals surface area contributed by atoms with Crippen LogP contribution in [0.3, 0.4) is 0 Å². The third-order valence-electron chi connectivity index (χ3n) is 3.73. The molecule has 1 N–H and O–H groups in total. The Morgan fingerprint density at radius 1 is 1.19 bits per heavy atom. The zero-order valence-electron chi connectivity index (χ0n) is 13.5. The van der Waals surface area contributed by atoms with Gasteiger partial charge in [-0.25, -0.2) is 0 Å². The molecule has 1 aromatic heterocycles. The third kappa shape index (κ3) is 3.24. The molecule has 1 aromatic carbocycles. The standard InChI is InChI=1S/C18H24N2O/c1-6-19-18(17-13(3)8-7-9-20-17)16-14(4)10-12(2)11-15(16)21-5/h7-11,18-19H,6H2,1-5H3. The summed E-state index contributed by atoms with van der Waals surface area (Å²) in [7, 11) is 1.73. The fraction of sp³-hybridized carbons (Fsp3) is 0.389. The van der Waals surface area contributed by atoms with Gasteiger partial charge in [0.2, 0.25) is 0 Å². The zero-order chi connectivity index (χ0) is 15.4. The highest BCUT2D eigenvalue weighted by molar-refractivity contribution is 5.48. The van der Waals surface area contributed by atoms with Gasteiger partial charge in [-0.05, 0) is 56.1 Å². The number of rotatable bonds is 5. The summed E-state index contributed by atoms with van der Waals surface area (Å²) in [5.41, 5.74) is 5.85. The van der Waals surface area contributed by atoms with Crippen LogP contribution in [0, 0.1) is 20.8 Å². The van der Waals surface area contributed by atoms with Gasteiger partial charge in [0.15, 0.2) is 0 Å². The molecule has 0 spiro atoms. The van der Waals surface area contributed by atoms with Gasteiger partial charge < -0.3 is 10.1 Å². The van der Waals surface area contributed by atoms with E-state index in [4.69, 9.17) is 4.74 Å². The molecule has 0 radical (unpaired) electrons. The Bertz CT molecular complexity index is 623. The van der Waals surface area contributed by atoms with Gasteiger partial charge in [0.05, 0.1) is 18.8 Å². The van der Waals surface area contributed by atoms with Crippen molar-refractivity contribution in [1.82, 2.24) is 10.3 Å². The Morgan fingerprint density at radius 3 is 2.57 bits per heavy atom. The topological polar surface area (TPSA) is 34.2 Å². The summed E-state index contributed by atoms with van der Waals surface area (Å²) in [6.07, 6.45) is 1.85. The summed E-state index contributed by atoms with van der Waals surface area (Å²) in [6.45, 7) is 9.31. The molecule has 1 atom stereocenters. The number of nitrogens with zero attached hydrogens (tertiary/aromatic N) is 1. The lowest BCUT2D eigenvalue weighted by molar-refractivity contribution is 0.402. The van der Waals surface area contributed by atoms with E-state index in [0.29, 0.717) is 0 Å². The molecule has 0 saturated carbocycles. The number of pyridine rings is 1. The lowest BCUT2D eigenvalue weighted by Gasteiger charge is -2.24. The summed E-state index contributed by atoms with van der Waals surface area (Å²) in [5, 5.41) is 3.55. The van der Waals surface area contributed by atoms with Crippen molar-refractivity contribution in [3.63, 3.8) is 0 Å². The van der Waals surface area contributed by atoms with Crippen LogP contribution >= 0.6 is 0 Å². The molecule has 0 aliphatic heterocycles. The average Bonchev–Trinajstić information content (AvgIpc) is 2.45. The number of aryl methyl sites for hydroxylation is 3. The predicted octanol–water partition coefficient (Wildman–Crippen LogP) is 3.71. The first kappa shape index (κ1) is 15.5. The summed E-state index contributed by atoms with van der Waals surface area (Å²) >= 11 is 0. The van der Waals surface area contributed by atoms with Gasteiger partial charge in [0, 0.05) is 11.8 Å². The van der Waals surface area contributed by atoms with Gasteiger partial charge in [-0.15, -0.1) is 0 Å². The maximum Gasteiger partial charge on any atom is 0.124 e. The second-order valence-corrected chi connectivity index (χ2v) is 5.39. The molecular formula is C18H24N2O. The van der Waals surface area contributed by atoms with Crippen LogP contribution < -0.4 is 10.1 Å². The Labute approximate surface area is 127 Å². The molecule has 0 aliphatic carbocycles. The molecular weight excluding hydrogens is 260 g/mol. The second kappa shape index (κ2) is 6.72. The third-order valence-corrected chi connectivity index (χ3v) is 3.73. The minimum absolute atomic E-state index is 0.0479. The highest BCUT2D eigenvalue weighted by atomic mass is 16.5. The van der Waals surface area contributed by atoms with Crippen molar-refractivity contribution in [1.29, 1.82) is 0 Å². The van der Waals surface area contributed by atoms with Crippen molar-refractivity contribution in [3.8, 4) is 5.75 Å². The number of aromatic nitrogens is 1. The Kier molecular flexibility index (Phi) is 4.97. The molecule has 2 aromatic rings. The van der Waals surface area contributed by atoms with Gasteiger partial charge in [-0.2, -0.15) is 0 Å². The first-order valence-electron chi connectivity index (χ1n) is 7.38. The number of benzene rings is 1. The van der Waals surface area contributed by atoms with E-state index in [9.17, 15) is 0 Å². The predicted molar refractivity (Wildman–Crippen MR) is 87.0 cm³/mol. The van der Waals surface area contributed by atoms with Gasteiger partial charge in [0.25, 0.3) is 0 Å². The molecule has 1 heterocycles. The van der Waals surface area contributed by atoms with Gasteiger partial charge in [0.1, 0.15) is 5.75 Å². The van der Waals surface area contributed by atoms with Crippen molar-refractivity contribution in [2.75, 3.05) is 13.7 Å². The second-order valence-electron chi connectivity index (χ2n) is 5.39. The van der Waals surface area contributed by atoms with Gasteiger partial charge >= 0.3 is 0 Å². The summed E-state index contributed by atoms with van der Waals surface area (Å²) in [4.78, 5) is 4.59. The molecule has 112 valence electrons. The van der Waals surface area contributed by atoms with Crippen molar-refractivity contribution >= 4 is 0 Å². The van der Waals surface area contributed by atoms with E-state index in [1.165, 1.54) is 22.3 Å². The maximum atomic E-state index is 5.63. The Balaban J connectivity index is 2.61. The Hall–Kier alpha value is -1.87. The van der Waals surface area contributed by atoms with E-state index >= 15 is 0 Å². The number of hydrogen-bond donors (Lipinski definition) is 1. The summed E-state index contributed by atoms with van der Waals surface area (Å²) in [5.74, 6) is 0.920. The molecule has 21 heavy (non-hydrogen) atoms. The van der Waals surface area contributed by atoms with E-state index in [1.807, 2.05) is 12.3 Å². The molecule has 2 rings (SSSR count). The lowest BCUT2D eigenvalue weighted by Crippen LogP contribution is -2.25. The van der Waals surface area contributed by atoms with E-state index in [-0.39, 0.29) is 6.04 Å². The van der Waals surface area contributed by atoms with Crippen molar-refractivity contribution < 1.29 is 4.74 Å². The molecule has 3 nitrogen and oxygen atoms in total. The minimum Gasteiger partial charge on any atom is -0.496 e. The van der Waals surface area contributed by atoms with Crippen LogP contribution in [0.25, 0.3) is 0 Å². The maximum absolute atomic E-state index is 5.63. The molecule has 0 bridgehead atoms. The zero-order valence-corrected chi connectivity index (χ0v) is 13.5. The van der Waals surface area contributed by atoms with Crippen LogP contribution in [0.1, 0.15) is 40.9 Å². The lowest BCUT2D eigenvalue weighted by atomic mass is 9.93. The first-order valence-corrected chi connectivity index (χ1v) is 7.38. The number of ether oxygens (including phenoxy) is 1. The van der Waals surface area contributed by atoms with E-state index < -0.39 is 0 Å². The van der Waals surface area contributed by atoms with E-state index in [0.717, 1.165) is 18.0 Å². The molecule has 1 unspecified atom stereocenters. The van der Waals surface area contributed by atoms with Crippen LogP contribution in [-0.2, 0) is 0 Å². The number of methoxy groups -OCH3 is 1. The molecule has 0 fully saturated rings. The summed E-state index contributed by atoms with van der Waals surface area (Å²) in [6, 6.07) is 8.40. The number of hydrogen-bond acceptors (Lipinski definition) is 3. The molecule has 0 aliphatic rings. The fourth-order valence-corrected chi connectivity index (χ4v) is 2.82. The Morgan fingerprint density at radius 2 is 1.95 bits per heavy atom. The molecule has 0 amide bonds. The highest BCUT2D eigenvalue weighted by Crippen LogP contribution is 2.34. The van der Waals surface area contributed by atoms with Crippen LogP contribution in [0.2, 0.25) is 0 Å². The molecule has 3 heteroatoms. The van der Waals surface area contributed by atoms with Crippen molar-refractivity contribution in [2.45, 2.75) is 33.7 Å². The quantitative estimate of drug-likeness (QED) is 0.908. The summed E-state index contributed by atoms with van der Waals surface area (Å²) < 4.78 is 5.63. The fourth-order valence-electron chi connectivity index (χ4n) is 2.82. The van der Waals surface area contributed by atoms with Gasteiger partial charge in [-0.1, -0.05) is 19.1 Å². The van der Waals surface area contributed by atoms with E-state index in [1.54, 1.807) is 7.11 Å². The monoisotopic (exact) mass is 284 g/mol. The van der Waals surface area contributed by atoms with Crippen LogP contribution in [0.5, 0.6) is 5.75 Å². The van der Waals surface area contributed by atoms with Crippen LogP contribution in [-0.4, -0.2) is 18.6 Å². The van der Waals surface area contributed by atoms with Crippen LogP contribution in [0.15, 0.2) is 30.5 Å². The van der Waals surface area contributed by atoms with E-state index in [2.05, 4.69) is 56.2 Å². The number of nitrogens with one attached hydrogen (secondary N) is 1. The van der Waals surface area contributed by atoms with Gasteiger partial charge in [-0.3, -0.25) is 4.98 Å². The van der Waals surface area contributed by atoms with Crippen LogP contribution in [0.4, 0.5) is 0 Å². The van der Waals surface area contributed by atoms with Crippen molar-refractivity contribution in [3.05, 3.63) is 58.4 Å². The minimum atomic E-state index is 0.0479. The molecule has 0 saturated heterocycles. The normalized spacial score (nSPS) is 12.2. The average molecular weight is 284 g/mol. The smallest absolute Gasteiger partial charge is 0.124 e. The highest BCUT2D eigenvalue weighted by Gasteiger charge is 2.22. The largest absolute Gasteiger partial charge is 0.496 e.